The summed E-state index contributed by atoms with van der Waals surface area (Å²) >= 11 is 0. The molecule has 0 radical (unpaired) electrons. The fourth-order valence-electron chi connectivity index (χ4n) is 2.68. The zero-order valence-corrected chi connectivity index (χ0v) is 14.4. The van der Waals surface area contributed by atoms with Crippen molar-refractivity contribution in [3.63, 3.8) is 0 Å². The van der Waals surface area contributed by atoms with Crippen molar-refractivity contribution in [2.75, 3.05) is 0 Å². The first-order valence-corrected chi connectivity index (χ1v) is 9.31. The highest BCUT2D eigenvalue weighted by atomic mass is 32.2. The zero-order chi connectivity index (χ0) is 19.4. The molecule has 0 aromatic heterocycles. The van der Waals surface area contributed by atoms with Crippen LogP contribution in [-0.4, -0.2) is 31.9 Å². The van der Waals surface area contributed by atoms with Crippen LogP contribution in [0.4, 0.5) is 13.2 Å². The minimum absolute atomic E-state index is 0.0476. The maximum atomic E-state index is 12.3. The molecule has 1 aliphatic rings. The molecule has 1 aromatic carbocycles. The van der Waals surface area contributed by atoms with Gasteiger partial charge in [-0.2, -0.15) is 4.72 Å². The molecule has 144 valence electrons. The van der Waals surface area contributed by atoms with E-state index < -0.39 is 34.1 Å². The zero-order valence-electron chi connectivity index (χ0n) is 13.6. The molecule has 2 atom stereocenters. The molecule has 0 bridgehead atoms. The summed E-state index contributed by atoms with van der Waals surface area (Å²) in [6.07, 6.45) is 1.42. The van der Waals surface area contributed by atoms with Crippen molar-refractivity contribution in [1.82, 2.24) is 4.72 Å². The number of hydrogen-bond acceptors (Lipinski definition) is 4. The van der Waals surface area contributed by atoms with Crippen molar-refractivity contribution in [3.8, 4) is 5.75 Å². The molecule has 0 amide bonds. The number of aliphatic carboxylic acids is 1. The Bertz CT molecular complexity index is 759. The summed E-state index contributed by atoms with van der Waals surface area (Å²) in [4.78, 5) is 11.1. The lowest BCUT2D eigenvalue weighted by molar-refractivity contribution is -0.274. The first kappa shape index (κ1) is 20.2. The van der Waals surface area contributed by atoms with E-state index in [1.165, 1.54) is 0 Å². The molecule has 1 aromatic rings. The molecule has 0 aliphatic heterocycles. The molecule has 0 spiro atoms. The maximum Gasteiger partial charge on any atom is 0.573 e. The number of allylic oxidation sites excluding steroid dienone is 2. The van der Waals surface area contributed by atoms with Crippen LogP contribution < -0.4 is 9.46 Å². The Morgan fingerprint density at radius 3 is 2.42 bits per heavy atom. The van der Waals surface area contributed by atoms with Gasteiger partial charge < -0.3 is 9.84 Å². The summed E-state index contributed by atoms with van der Waals surface area (Å²) in [5.74, 6) is -1.83. The van der Waals surface area contributed by atoms with E-state index in [0.717, 1.165) is 37.1 Å². The maximum absolute atomic E-state index is 12.3. The number of benzene rings is 1. The lowest BCUT2D eigenvalue weighted by Gasteiger charge is -2.22. The van der Waals surface area contributed by atoms with Gasteiger partial charge in [0.2, 0.25) is 10.0 Å². The van der Waals surface area contributed by atoms with E-state index in [9.17, 15) is 31.5 Å². The number of nitrogens with one attached hydrogen (secondary N) is 1. The van der Waals surface area contributed by atoms with E-state index in [0.29, 0.717) is 6.42 Å². The van der Waals surface area contributed by atoms with Gasteiger partial charge in [-0.1, -0.05) is 12.2 Å². The Balaban J connectivity index is 2.09. The Morgan fingerprint density at radius 2 is 1.92 bits per heavy atom. The van der Waals surface area contributed by atoms with E-state index in [1.54, 1.807) is 0 Å². The third-order valence-corrected chi connectivity index (χ3v) is 5.40. The molecule has 10 heteroatoms. The van der Waals surface area contributed by atoms with Crippen LogP contribution in [0, 0.1) is 5.92 Å². The number of ether oxygens (including phenoxy) is 1. The highest BCUT2D eigenvalue weighted by Gasteiger charge is 2.32. The summed E-state index contributed by atoms with van der Waals surface area (Å²) in [6.45, 7) is 0. The van der Waals surface area contributed by atoms with Gasteiger partial charge in [0.1, 0.15) is 11.8 Å². The number of sulfonamides is 1. The van der Waals surface area contributed by atoms with E-state index in [1.807, 2.05) is 12.2 Å². The Morgan fingerprint density at radius 1 is 1.27 bits per heavy atom. The second-order valence-corrected chi connectivity index (χ2v) is 7.63. The SMILES string of the molecule is O=C(O)[C@H](C[C@@H]1CC=CCC1)NS(=O)(=O)c1ccc(OC(F)(F)F)cc1. The molecule has 0 saturated carbocycles. The number of rotatable bonds is 7. The number of carbonyl (C=O) groups is 1. The van der Waals surface area contributed by atoms with Crippen molar-refractivity contribution >= 4 is 16.0 Å². The van der Waals surface area contributed by atoms with Crippen LogP contribution >= 0.6 is 0 Å². The standard InChI is InChI=1S/C16H18F3NO5S/c17-16(18,19)25-12-6-8-13(9-7-12)26(23,24)20-14(15(21)22)10-11-4-2-1-3-5-11/h1-2,6-9,11,14,20H,3-5,10H2,(H,21,22)/t11-,14+/m1/s1. The van der Waals surface area contributed by atoms with Gasteiger partial charge in [-0.15, -0.1) is 13.2 Å². The van der Waals surface area contributed by atoms with E-state index in [4.69, 9.17) is 0 Å². The molecule has 6 nitrogen and oxygen atoms in total. The van der Waals surface area contributed by atoms with Crippen LogP contribution in [0.25, 0.3) is 0 Å². The molecule has 0 heterocycles. The van der Waals surface area contributed by atoms with Gasteiger partial charge in [-0.3, -0.25) is 4.79 Å². The first-order valence-electron chi connectivity index (χ1n) is 7.83. The first-order chi connectivity index (χ1) is 12.1. The smallest absolute Gasteiger partial charge is 0.480 e. The highest BCUT2D eigenvalue weighted by Crippen LogP contribution is 2.25. The molecule has 1 aliphatic carbocycles. The number of hydrogen-bond donors (Lipinski definition) is 2. The van der Waals surface area contributed by atoms with E-state index in [-0.39, 0.29) is 17.2 Å². The molecule has 2 rings (SSSR count). The van der Waals surface area contributed by atoms with Crippen LogP contribution in [0.15, 0.2) is 41.3 Å². The summed E-state index contributed by atoms with van der Waals surface area (Å²) in [5, 5.41) is 9.30. The average molecular weight is 393 g/mol. The molecule has 0 fully saturated rings. The molecule has 0 saturated heterocycles. The third kappa shape index (κ3) is 6.03. The van der Waals surface area contributed by atoms with Crippen LogP contribution in [0.5, 0.6) is 5.75 Å². The Kier molecular flexibility index (Phi) is 6.30. The molecule has 26 heavy (non-hydrogen) atoms. The second-order valence-electron chi connectivity index (χ2n) is 5.92. The van der Waals surface area contributed by atoms with Gasteiger partial charge in [-0.25, -0.2) is 8.42 Å². The molecule has 0 unspecified atom stereocenters. The van der Waals surface area contributed by atoms with Gasteiger partial charge in [0.25, 0.3) is 0 Å². The molecular weight excluding hydrogens is 375 g/mol. The van der Waals surface area contributed by atoms with Gasteiger partial charge in [0.15, 0.2) is 0 Å². The fraction of sp³-hybridized carbons (Fsp3) is 0.438. The Labute approximate surface area is 148 Å². The summed E-state index contributed by atoms with van der Waals surface area (Å²) in [5.41, 5.74) is 0. The molecular formula is C16H18F3NO5S. The predicted molar refractivity (Wildman–Crippen MR) is 86.0 cm³/mol. The highest BCUT2D eigenvalue weighted by molar-refractivity contribution is 7.89. The number of carboxylic acid groups (broad SMARTS) is 1. The second kappa shape index (κ2) is 8.09. The van der Waals surface area contributed by atoms with E-state index >= 15 is 0 Å². The van der Waals surface area contributed by atoms with Crippen LogP contribution in [0.2, 0.25) is 0 Å². The van der Waals surface area contributed by atoms with Gasteiger partial charge in [-0.05, 0) is 55.9 Å². The number of carboxylic acids is 1. The van der Waals surface area contributed by atoms with E-state index in [2.05, 4.69) is 9.46 Å². The third-order valence-electron chi connectivity index (χ3n) is 3.91. The van der Waals surface area contributed by atoms with Crippen molar-refractivity contribution in [3.05, 3.63) is 36.4 Å². The van der Waals surface area contributed by atoms with Gasteiger partial charge in [0, 0.05) is 0 Å². The van der Waals surface area contributed by atoms with Crippen LogP contribution in [-0.2, 0) is 14.8 Å². The monoisotopic (exact) mass is 393 g/mol. The summed E-state index contributed by atoms with van der Waals surface area (Å²) in [6, 6.07) is 2.23. The van der Waals surface area contributed by atoms with Crippen molar-refractivity contribution in [2.45, 2.75) is 43.0 Å². The number of halogens is 3. The minimum Gasteiger partial charge on any atom is -0.480 e. The van der Waals surface area contributed by atoms with Gasteiger partial charge >= 0.3 is 12.3 Å². The largest absolute Gasteiger partial charge is 0.573 e. The fourth-order valence-corrected chi connectivity index (χ4v) is 3.88. The topological polar surface area (TPSA) is 92.7 Å². The lowest BCUT2D eigenvalue weighted by Crippen LogP contribution is -2.42. The summed E-state index contributed by atoms with van der Waals surface area (Å²) in [7, 11) is -4.20. The average Bonchev–Trinajstić information content (AvgIpc) is 2.54. The van der Waals surface area contributed by atoms with Crippen LogP contribution in [0.3, 0.4) is 0 Å². The summed E-state index contributed by atoms with van der Waals surface area (Å²) < 4.78 is 66.9. The number of alkyl halides is 3. The predicted octanol–water partition coefficient (Wildman–Crippen LogP) is 3.06. The molecule has 2 N–H and O–H groups in total. The van der Waals surface area contributed by atoms with Gasteiger partial charge in [0.05, 0.1) is 4.90 Å². The van der Waals surface area contributed by atoms with Crippen molar-refractivity contribution < 1.29 is 36.2 Å². The van der Waals surface area contributed by atoms with Crippen LogP contribution in [0.1, 0.15) is 25.7 Å². The van der Waals surface area contributed by atoms with Crippen molar-refractivity contribution in [2.24, 2.45) is 5.92 Å². The Hall–Kier alpha value is -2.07. The lowest BCUT2D eigenvalue weighted by atomic mass is 9.89. The van der Waals surface area contributed by atoms with Crippen molar-refractivity contribution in [1.29, 1.82) is 0 Å². The normalized spacial score (nSPS) is 19.1. The minimum atomic E-state index is -4.89. The quantitative estimate of drug-likeness (QED) is 0.695.